The Labute approximate surface area is 164 Å². The van der Waals surface area contributed by atoms with Crippen LogP contribution in [-0.4, -0.2) is 17.1 Å². The van der Waals surface area contributed by atoms with Gasteiger partial charge >= 0.3 is 0 Å². The Balaban J connectivity index is 1.33. The van der Waals surface area contributed by atoms with Crippen molar-refractivity contribution in [3.05, 3.63) is 83.8 Å². The molecule has 5 nitrogen and oxygen atoms in total. The number of rotatable bonds is 6. The van der Waals surface area contributed by atoms with Crippen molar-refractivity contribution < 1.29 is 9.21 Å². The number of aromatic nitrogens is 1. The SMILES string of the molecule is O=C(N/N=C\c1ccco1)c1ccc(CSc2nc3ccccc3s2)cc1. The molecule has 0 bridgehead atoms. The second-order valence-electron chi connectivity index (χ2n) is 5.65. The Bertz CT molecular complexity index is 1040. The number of thioether (sulfide) groups is 1. The normalized spacial score (nSPS) is 11.3. The van der Waals surface area contributed by atoms with Gasteiger partial charge < -0.3 is 4.42 Å². The predicted molar refractivity (Wildman–Crippen MR) is 109 cm³/mol. The van der Waals surface area contributed by atoms with Crippen LogP contribution in [0.2, 0.25) is 0 Å². The summed E-state index contributed by atoms with van der Waals surface area (Å²) in [6.07, 6.45) is 3.01. The molecule has 0 fully saturated rings. The van der Waals surface area contributed by atoms with Crippen LogP contribution in [0.25, 0.3) is 10.2 Å². The zero-order chi connectivity index (χ0) is 18.5. The molecule has 7 heteroatoms. The molecule has 0 aliphatic rings. The van der Waals surface area contributed by atoms with Gasteiger partial charge in [0.25, 0.3) is 5.91 Å². The van der Waals surface area contributed by atoms with Crippen LogP contribution < -0.4 is 5.43 Å². The number of furan rings is 1. The van der Waals surface area contributed by atoms with E-state index in [-0.39, 0.29) is 5.91 Å². The highest BCUT2D eigenvalue weighted by Gasteiger charge is 2.06. The van der Waals surface area contributed by atoms with E-state index >= 15 is 0 Å². The monoisotopic (exact) mass is 393 g/mol. The first kappa shape index (κ1) is 17.5. The molecule has 1 amide bonds. The van der Waals surface area contributed by atoms with Crippen molar-refractivity contribution in [2.24, 2.45) is 5.10 Å². The van der Waals surface area contributed by atoms with Crippen molar-refractivity contribution in [3.8, 4) is 0 Å². The Kier molecular flexibility index (Phi) is 5.32. The minimum atomic E-state index is -0.261. The van der Waals surface area contributed by atoms with Crippen LogP contribution in [0.3, 0.4) is 0 Å². The van der Waals surface area contributed by atoms with Crippen molar-refractivity contribution >= 4 is 45.4 Å². The zero-order valence-corrected chi connectivity index (χ0v) is 15.8. The summed E-state index contributed by atoms with van der Waals surface area (Å²) in [5.74, 6) is 1.12. The lowest BCUT2D eigenvalue weighted by atomic mass is 10.1. The molecule has 0 aliphatic heterocycles. The summed E-state index contributed by atoms with van der Waals surface area (Å²) in [5, 5.41) is 3.88. The predicted octanol–water partition coefficient (Wildman–Crippen LogP) is 4.95. The van der Waals surface area contributed by atoms with Gasteiger partial charge in [0, 0.05) is 11.3 Å². The number of carbonyl (C=O) groups excluding carboxylic acids is 1. The molecule has 2 heterocycles. The average Bonchev–Trinajstić information content (AvgIpc) is 3.36. The van der Waals surface area contributed by atoms with E-state index in [9.17, 15) is 4.79 Å². The van der Waals surface area contributed by atoms with Gasteiger partial charge in [0.1, 0.15) is 5.76 Å². The molecule has 27 heavy (non-hydrogen) atoms. The summed E-state index contributed by atoms with van der Waals surface area (Å²) in [6, 6.07) is 19.1. The van der Waals surface area contributed by atoms with E-state index in [1.165, 1.54) is 10.9 Å². The summed E-state index contributed by atoms with van der Waals surface area (Å²) in [7, 11) is 0. The lowest BCUT2D eigenvalue weighted by Crippen LogP contribution is -2.17. The van der Waals surface area contributed by atoms with E-state index in [0.717, 1.165) is 21.2 Å². The van der Waals surface area contributed by atoms with E-state index in [1.807, 2.05) is 30.3 Å². The number of hydrogen-bond acceptors (Lipinski definition) is 6. The molecule has 134 valence electrons. The Morgan fingerprint density at radius 3 is 2.78 bits per heavy atom. The van der Waals surface area contributed by atoms with Crippen LogP contribution in [0, 0.1) is 0 Å². The second kappa shape index (κ2) is 8.20. The molecular weight excluding hydrogens is 378 g/mol. The number of fused-ring (bicyclic) bond motifs is 1. The molecule has 0 unspecified atom stereocenters. The third-order valence-corrected chi connectivity index (χ3v) is 6.00. The van der Waals surface area contributed by atoms with Crippen LogP contribution in [0.15, 0.2) is 80.8 Å². The Morgan fingerprint density at radius 1 is 1.15 bits per heavy atom. The minimum absolute atomic E-state index is 0.261. The number of benzene rings is 2. The molecule has 1 N–H and O–H groups in total. The topological polar surface area (TPSA) is 67.5 Å². The van der Waals surface area contributed by atoms with Crippen LogP contribution >= 0.6 is 23.1 Å². The van der Waals surface area contributed by atoms with Crippen molar-refractivity contribution in [1.29, 1.82) is 0 Å². The van der Waals surface area contributed by atoms with Gasteiger partial charge in [-0.3, -0.25) is 4.79 Å². The zero-order valence-electron chi connectivity index (χ0n) is 14.2. The van der Waals surface area contributed by atoms with E-state index in [4.69, 9.17) is 4.42 Å². The highest BCUT2D eigenvalue weighted by atomic mass is 32.2. The van der Waals surface area contributed by atoms with Gasteiger partial charge in [-0.15, -0.1) is 11.3 Å². The number of nitrogens with one attached hydrogen (secondary N) is 1. The van der Waals surface area contributed by atoms with Crippen molar-refractivity contribution in [1.82, 2.24) is 10.4 Å². The maximum atomic E-state index is 12.1. The minimum Gasteiger partial charge on any atom is -0.463 e. The highest BCUT2D eigenvalue weighted by Crippen LogP contribution is 2.31. The van der Waals surface area contributed by atoms with Crippen molar-refractivity contribution in [3.63, 3.8) is 0 Å². The Hall–Kier alpha value is -2.90. The summed E-state index contributed by atoms with van der Waals surface area (Å²) in [4.78, 5) is 16.7. The van der Waals surface area contributed by atoms with Gasteiger partial charge in [0.2, 0.25) is 0 Å². The van der Waals surface area contributed by atoms with Gasteiger partial charge in [-0.2, -0.15) is 5.10 Å². The van der Waals surface area contributed by atoms with Crippen LogP contribution in [0.1, 0.15) is 21.7 Å². The molecule has 4 aromatic rings. The highest BCUT2D eigenvalue weighted by molar-refractivity contribution is 8.00. The van der Waals surface area contributed by atoms with E-state index < -0.39 is 0 Å². The number of hydrogen-bond donors (Lipinski definition) is 1. The van der Waals surface area contributed by atoms with Crippen LogP contribution in [-0.2, 0) is 5.75 Å². The molecule has 0 atom stereocenters. The molecule has 0 aliphatic carbocycles. The number of para-hydroxylation sites is 1. The van der Waals surface area contributed by atoms with Crippen LogP contribution in [0.5, 0.6) is 0 Å². The first-order chi connectivity index (χ1) is 13.3. The number of thiazole rings is 1. The smallest absolute Gasteiger partial charge is 0.271 e. The summed E-state index contributed by atoms with van der Waals surface area (Å²) < 4.78 is 7.36. The number of amides is 1. The first-order valence-electron chi connectivity index (χ1n) is 8.22. The van der Waals surface area contributed by atoms with Gasteiger partial charge in [-0.1, -0.05) is 36.0 Å². The molecule has 0 saturated heterocycles. The molecule has 0 spiro atoms. The van der Waals surface area contributed by atoms with Crippen molar-refractivity contribution in [2.45, 2.75) is 10.1 Å². The summed E-state index contributed by atoms with van der Waals surface area (Å²) in [5.41, 5.74) is 5.21. The van der Waals surface area contributed by atoms with Gasteiger partial charge in [-0.25, -0.2) is 10.4 Å². The van der Waals surface area contributed by atoms with Gasteiger partial charge in [0.15, 0.2) is 4.34 Å². The summed E-state index contributed by atoms with van der Waals surface area (Å²) >= 11 is 3.40. The first-order valence-corrected chi connectivity index (χ1v) is 10.0. The quantitative estimate of drug-likeness (QED) is 0.286. The lowest BCUT2D eigenvalue weighted by Gasteiger charge is -2.02. The van der Waals surface area contributed by atoms with E-state index in [0.29, 0.717) is 11.3 Å². The van der Waals surface area contributed by atoms with Gasteiger partial charge in [0.05, 0.1) is 22.7 Å². The van der Waals surface area contributed by atoms with Gasteiger partial charge in [-0.05, 0) is 42.0 Å². The molecule has 2 aromatic carbocycles. The number of hydrazone groups is 1. The largest absolute Gasteiger partial charge is 0.463 e. The van der Waals surface area contributed by atoms with E-state index in [2.05, 4.69) is 21.6 Å². The fraction of sp³-hybridized carbons (Fsp3) is 0.0500. The molecule has 0 saturated carbocycles. The Morgan fingerprint density at radius 2 is 2.00 bits per heavy atom. The van der Waals surface area contributed by atoms with Crippen molar-refractivity contribution in [2.75, 3.05) is 0 Å². The van der Waals surface area contributed by atoms with Crippen LogP contribution in [0.4, 0.5) is 0 Å². The molecule has 4 rings (SSSR count). The fourth-order valence-electron chi connectivity index (χ4n) is 2.39. The maximum Gasteiger partial charge on any atom is 0.271 e. The third-order valence-electron chi connectivity index (χ3n) is 3.75. The van der Waals surface area contributed by atoms with E-state index in [1.54, 1.807) is 53.6 Å². The maximum absolute atomic E-state index is 12.1. The average molecular weight is 393 g/mol. The molecular formula is C20H15N3O2S2. The third kappa shape index (κ3) is 4.45. The molecule has 0 radical (unpaired) electrons. The second-order valence-corrected chi connectivity index (χ2v) is 7.90. The summed E-state index contributed by atoms with van der Waals surface area (Å²) in [6.45, 7) is 0. The number of carbonyl (C=O) groups is 1. The molecule has 2 aromatic heterocycles. The fourth-order valence-corrected chi connectivity index (χ4v) is 4.42. The number of nitrogens with zero attached hydrogens (tertiary/aromatic N) is 2. The lowest BCUT2D eigenvalue weighted by molar-refractivity contribution is 0.0955. The standard InChI is InChI=1S/C20H15N3O2S2/c24-19(23-21-12-16-4-3-11-25-16)15-9-7-14(8-10-15)13-26-20-22-17-5-1-2-6-18(17)27-20/h1-12H,13H2,(H,23,24)/b21-12-.